The molecular weight excluding hydrogens is 388 g/mol. The lowest BCUT2D eigenvalue weighted by Crippen LogP contribution is -2.25. The molecule has 142 valence electrons. The van der Waals surface area contributed by atoms with Gasteiger partial charge in [-0.1, -0.05) is 25.1 Å². The molecule has 5 nitrogen and oxygen atoms in total. The number of aromatic nitrogens is 2. The second-order valence-electron chi connectivity index (χ2n) is 6.47. The molecule has 4 rings (SSSR count). The Balaban J connectivity index is 1.77. The molecule has 1 aliphatic heterocycles. The van der Waals surface area contributed by atoms with Gasteiger partial charge in [-0.3, -0.25) is 9.78 Å². The maximum atomic E-state index is 12.4. The van der Waals surface area contributed by atoms with Crippen molar-refractivity contribution in [3.05, 3.63) is 63.7 Å². The van der Waals surface area contributed by atoms with Crippen molar-refractivity contribution in [1.82, 2.24) is 15.3 Å². The summed E-state index contributed by atoms with van der Waals surface area (Å²) in [5.74, 6) is 0.416. The fraction of sp³-hybridized carbons (Fsp3) is 0.238. The van der Waals surface area contributed by atoms with Crippen molar-refractivity contribution >= 4 is 40.5 Å². The van der Waals surface area contributed by atoms with E-state index in [4.69, 9.17) is 4.99 Å². The van der Waals surface area contributed by atoms with Crippen molar-refractivity contribution in [3.63, 3.8) is 0 Å². The Bertz CT molecular complexity index is 1060. The van der Waals surface area contributed by atoms with Crippen molar-refractivity contribution in [1.29, 1.82) is 0 Å². The fourth-order valence-electron chi connectivity index (χ4n) is 2.87. The average Bonchev–Trinajstić information content (AvgIpc) is 3.06. The van der Waals surface area contributed by atoms with Crippen LogP contribution in [0.2, 0.25) is 0 Å². The van der Waals surface area contributed by atoms with Crippen LogP contribution in [0.3, 0.4) is 0 Å². The molecule has 0 radical (unpaired) electrons. The van der Waals surface area contributed by atoms with E-state index in [1.807, 2.05) is 18.3 Å². The van der Waals surface area contributed by atoms with Gasteiger partial charge in [0.1, 0.15) is 5.69 Å². The number of carbonyl (C=O) groups is 1. The molecule has 3 aromatic heterocycles. The molecule has 0 saturated carbocycles. The number of pyridine rings is 2. The van der Waals surface area contributed by atoms with Gasteiger partial charge >= 0.3 is 0 Å². The van der Waals surface area contributed by atoms with Crippen LogP contribution < -0.4 is 5.32 Å². The molecule has 28 heavy (non-hydrogen) atoms. The maximum Gasteiger partial charge on any atom is 0.269 e. The molecule has 0 bridgehead atoms. The zero-order valence-electron chi connectivity index (χ0n) is 15.7. The van der Waals surface area contributed by atoms with Gasteiger partial charge in [-0.25, -0.2) is 9.98 Å². The zero-order valence-corrected chi connectivity index (χ0v) is 17.4. The van der Waals surface area contributed by atoms with Crippen LogP contribution >= 0.6 is 23.1 Å². The standard InChI is InChI=1S/C21H20N4OS2/c1-3-4-10-23-21(26)15-6-8-18-20(24-15)25-19(17-7-5-13(2)27-17)14-12-22-11-9-16(14)28-18/h5-9,11-12H,3-4,10H2,1-2H3,(H,23,26). The van der Waals surface area contributed by atoms with Gasteiger partial charge in [-0.15, -0.1) is 11.3 Å². The van der Waals surface area contributed by atoms with E-state index in [0.29, 0.717) is 18.1 Å². The lowest BCUT2D eigenvalue weighted by molar-refractivity contribution is 0.0948. The summed E-state index contributed by atoms with van der Waals surface area (Å²) in [6.07, 6.45) is 5.63. The van der Waals surface area contributed by atoms with Crippen molar-refractivity contribution in [2.45, 2.75) is 36.5 Å². The molecule has 0 saturated heterocycles. The summed E-state index contributed by atoms with van der Waals surface area (Å²) in [5.41, 5.74) is 2.23. The fourth-order valence-corrected chi connectivity index (χ4v) is 4.69. The molecule has 7 heteroatoms. The smallest absolute Gasteiger partial charge is 0.269 e. The van der Waals surface area contributed by atoms with E-state index < -0.39 is 0 Å². The predicted octanol–water partition coefficient (Wildman–Crippen LogP) is 5.01. The van der Waals surface area contributed by atoms with Gasteiger partial charge in [0, 0.05) is 34.3 Å². The van der Waals surface area contributed by atoms with E-state index in [1.54, 1.807) is 35.4 Å². The monoisotopic (exact) mass is 408 g/mol. The molecule has 1 aliphatic rings. The van der Waals surface area contributed by atoms with Crippen LogP contribution in [0.15, 0.2) is 57.5 Å². The molecule has 0 unspecified atom stereocenters. The highest BCUT2D eigenvalue weighted by molar-refractivity contribution is 7.99. The first kappa shape index (κ1) is 18.8. The number of rotatable bonds is 5. The summed E-state index contributed by atoms with van der Waals surface area (Å²) in [6.45, 7) is 4.83. The van der Waals surface area contributed by atoms with Gasteiger partial charge in [0.2, 0.25) is 0 Å². The SMILES string of the molecule is CCCCNC(=O)c1ccc2c(n1)N=C(c1ccc(C)s1)c1cnccc1S2. The Kier molecular flexibility index (Phi) is 5.54. The second-order valence-corrected chi connectivity index (χ2v) is 8.84. The van der Waals surface area contributed by atoms with E-state index in [0.717, 1.165) is 38.8 Å². The normalized spacial score (nSPS) is 12.6. The molecule has 4 heterocycles. The molecular formula is C21H20N4OS2. The summed E-state index contributed by atoms with van der Waals surface area (Å²) in [5, 5.41) is 2.92. The highest BCUT2D eigenvalue weighted by Crippen LogP contribution is 2.40. The van der Waals surface area contributed by atoms with E-state index in [2.05, 4.69) is 41.3 Å². The van der Waals surface area contributed by atoms with Crippen molar-refractivity contribution < 1.29 is 4.79 Å². The Morgan fingerprint density at radius 3 is 2.82 bits per heavy atom. The predicted molar refractivity (Wildman–Crippen MR) is 114 cm³/mol. The molecule has 0 fully saturated rings. The first-order chi connectivity index (χ1) is 13.7. The number of nitrogens with zero attached hydrogens (tertiary/aromatic N) is 3. The molecule has 0 aromatic carbocycles. The summed E-state index contributed by atoms with van der Waals surface area (Å²) in [7, 11) is 0. The van der Waals surface area contributed by atoms with Crippen LogP contribution in [-0.2, 0) is 0 Å². The van der Waals surface area contributed by atoms with Gasteiger partial charge in [0.15, 0.2) is 5.82 Å². The first-order valence-electron chi connectivity index (χ1n) is 9.22. The highest BCUT2D eigenvalue weighted by atomic mass is 32.2. The topological polar surface area (TPSA) is 67.2 Å². The van der Waals surface area contributed by atoms with Crippen LogP contribution in [0, 0.1) is 6.92 Å². The summed E-state index contributed by atoms with van der Waals surface area (Å²) >= 11 is 3.30. The molecule has 0 aliphatic carbocycles. The minimum atomic E-state index is -0.159. The number of fused-ring (bicyclic) bond motifs is 2. The third kappa shape index (κ3) is 3.86. The van der Waals surface area contributed by atoms with Crippen molar-refractivity contribution in [2.24, 2.45) is 4.99 Å². The molecule has 1 amide bonds. The Hall–Kier alpha value is -2.51. The first-order valence-corrected chi connectivity index (χ1v) is 10.9. The molecule has 0 spiro atoms. The van der Waals surface area contributed by atoms with Gasteiger partial charge in [-0.2, -0.15) is 0 Å². The number of amides is 1. The Morgan fingerprint density at radius 1 is 1.14 bits per heavy atom. The molecule has 0 atom stereocenters. The van der Waals surface area contributed by atoms with Crippen LogP contribution in [0.25, 0.3) is 0 Å². The maximum absolute atomic E-state index is 12.4. The number of carbonyl (C=O) groups excluding carboxylic acids is 1. The van der Waals surface area contributed by atoms with Gasteiger partial charge < -0.3 is 5.32 Å². The molecule has 3 aromatic rings. The number of thiophene rings is 1. The Morgan fingerprint density at radius 2 is 2.04 bits per heavy atom. The summed E-state index contributed by atoms with van der Waals surface area (Å²) in [4.78, 5) is 30.5. The lowest BCUT2D eigenvalue weighted by atomic mass is 10.1. The molecule has 1 N–H and O–H groups in total. The number of hydrogen-bond donors (Lipinski definition) is 1. The van der Waals surface area contributed by atoms with Crippen LogP contribution in [-0.4, -0.2) is 28.1 Å². The van der Waals surface area contributed by atoms with Gasteiger partial charge in [-0.05, 0) is 43.7 Å². The van der Waals surface area contributed by atoms with Crippen molar-refractivity contribution in [2.75, 3.05) is 6.54 Å². The van der Waals surface area contributed by atoms with Crippen LogP contribution in [0.4, 0.5) is 5.82 Å². The highest BCUT2D eigenvalue weighted by Gasteiger charge is 2.22. The number of nitrogens with one attached hydrogen (secondary N) is 1. The third-order valence-electron chi connectivity index (χ3n) is 4.34. The van der Waals surface area contributed by atoms with Gasteiger partial charge in [0.05, 0.1) is 15.5 Å². The van der Waals surface area contributed by atoms with Crippen LogP contribution in [0.1, 0.15) is 45.6 Å². The van der Waals surface area contributed by atoms with E-state index >= 15 is 0 Å². The third-order valence-corrected chi connectivity index (χ3v) is 6.46. The zero-order chi connectivity index (χ0) is 19.5. The second kappa shape index (κ2) is 8.24. The number of hydrogen-bond acceptors (Lipinski definition) is 6. The lowest BCUT2D eigenvalue weighted by Gasteiger charge is -2.07. The minimum Gasteiger partial charge on any atom is -0.351 e. The minimum absolute atomic E-state index is 0.159. The summed E-state index contributed by atoms with van der Waals surface area (Å²) < 4.78 is 0. The Labute approximate surface area is 172 Å². The largest absolute Gasteiger partial charge is 0.351 e. The number of unbranched alkanes of at least 4 members (excludes halogenated alkanes) is 1. The summed E-state index contributed by atoms with van der Waals surface area (Å²) in [6, 6.07) is 9.85. The van der Waals surface area contributed by atoms with Crippen LogP contribution in [0.5, 0.6) is 0 Å². The van der Waals surface area contributed by atoms with E-state index in [1.165, 1.54) is 4.88 Å². The average molecular weight is 409 g/mol. The van der Waals surface area contributed by atoms with Gasteiger partial charge in [0.25, 0.3) is 5.91 Å². The number of aryl methyl sites for hydroxylation is 1. The van der Waals surface area contributed by atoms with E-state index in [9.17, 15) is 4.79 Å². The number of aliphatic imine (C=N–C) groups is 1. The van der Waals surface area contributed by atoms with E-state index in [-0.39, 0.29) is 5.91 Å². The van der Waals surface area contributed by atoms with Crippen molar-refractivity contribution in [3.8, 4) is 0 Å². The quantitative estimate of drug-likeness (QED) is 0.471.